The van der Waals surface area contributed by atoms with E-state index in [4.69, 9.17) is 4.74 Å². The Labute approximate surface area is 93.2 Å². The summed E-state index contributed by atoms with van der Waals surface area (Å²) in [5, 5.41) is 19.2. The highest BCUT2D eigenvalue weighted by Crippen LogP contribution is 2.30. The van der Waals surface area contributed by atoms with Crippen LogP contribution in [0.5, 0.6) is 11.5 Å². The summed E-state index contributed by atoms with van der Waals surface area (Å²) in [6.45, 7) is 1.85. The van der Waals surface area contributed by atoms with Crippen molar-refractivity contribution >= 4 is 6.47 Å². The zero-order valence-corrected chi connectivity index (χ0v) is 9.08. The Bertz CT molecular complexity index is 363. The van der Waals surface area contributed by atoms with Crippen LogP contribution in [0.1, 0.15) is 18.6 Å². The van der Waals surface area contributed by atoms with E-state index in [1.165, 1.54) is 25.3 Å². The monoisotopic (exact) mass is 226 g/mol. The molecule has 5 heteroatoms. The Balaban J connectivity index is 2.91. The van der Waals surface area contributed by atoms with Crippen molar-refractivity contribution < 1.29 is 24.5 Å². The molecule has 0 radical (unpaired) electrons. The SMILES string of the molecule is COc1cc(C(O)C(C)OC=O)ccc1O. The minimum atomic E-state index is -0.959. The molecule has 1 aromatic rings. The third kappa shape index (κ3) is 2.64. The molecule has 0 amide bonds. The molecule has 0 spiro atoms. The Hall–Kier alpha value is -1.75. The number of aromatic hydroxyl groups is 1. The summed E-state index contributed by atoms with van der Waals surface area (Å²) in [6, 6.07) is 4.43. The number of carbonyl (C=O) groups is 1. The molecule has 0 saturated heterocycles. The number of aliphatic hydroxyl groups excluding tert-OH is 1. The van der Waals surface area contributed by atoms with Crippen LogP contribution < -0.4 is 4.74 Å². The quantitative estimate of drug-likeness (QED) is 0.732. The smallest absolute Gasteiger partial charge is 0.293 e. The first-order valence-corrected chi connectivity index (χ1v) is 4.74. The molecule has 5 nitrogen and oxygen atoms in total. The second-order valence-corrected chi connectivity index (χ2v) is 3.31. The Morgan fingerprint density at radius 1 is 1.44 bits per heavy atom. The van der Waals surface area contributed by atoms with Gasteiger partial charge in [0.25, 0.3) is 6.47 Å². The van der Waals surface area contributed by atoms with Crippen LogP contribution in [0.15, 0.2) is 18.2 Å². The van der Waals surface area contributed by atoms with E-state index >= 15 is 0 Å². The summed E-state index contributed by atoms with van der Waals surface area (Å²) >= 11 is 0. The highest BCUT2D eigenvalue weighted by Gasteiger charge is 2.18. The first-order valence-electron chi connectivity index (χ1n) is 4.74. The maximum absolute atomic E-state index is 10.1. The van der Waals surface area contributed by atoms with E-state index in [2.05, 4.69) is 4.74 Å². The van der Waals surface area contributed by atoms with Gasteiger partial charge in [-0.2, -0.15) is 0 Å². The van der Waals surface area contributed by atoms with Crippen LogP contribution in [0.25, 0.3) is 0 Å². The first kappa shape index (κ1) is 12.3. The number of carbonyl (C=O) groups excluding carboxylic acids is 1. The van der Waals surface area contributed by atoms with Crippen molar-refractivity contribution in [2.24, 2.45) is 0 Å². The van der Waals surface area contributed by atoms with Crippen LogP contribution in [-0.2, 0) is 9.53 Å². The van der Waals surface area contributed by atoms with E-state index in [9.17, 15) is 15.0 Å². The van der Waals surface area contributed by atoms with Gasteiger partial charge >= 0.3 is 0 Å². The van der Waals surface area contributed by atoms with E-state index in [0.717, 1.165) is 0 Å². The number of hydrogen-bond donors (Lipinski definition) is 2. The van der Waals surface area contributed by atoms with Crippen LogP contribution in [0.2, 0.25) is 0 Å². The fraction of sp³-hybridized carbons (Fsp3) is 0.364. The average molecular weight is 226 g/mol. The van der Waals surface area contributed by atoms with Crippen LogP contribution >= 0.6 is 0 Å². The Kier molecular flexibility index (Phi) is 4.13. The van der Waals surface area contributed by atoms with Crippen LogP contribution in [0.3, 0.4) is 0 Å². The summed E-state index contributed by atoms with van der Waals surface area (Å²) < 4.78 is 9.53. The number of hydrogen-bond acceptors (Lipinski definition) is 5. The molecular weight excluding hydrogens is 212 g/mol. The number of aliphatic hydroxyl groups is 1. The highest BCUT2D eigenvalue weighted by molar-refractivity contribution is 5.43. The lowest BCUT2D eigenvalue weighted by Crippen LogP contribution is -2.18. The van der Waals surface area contributed by atoms with E-state index in [0.29, 0.717) is 5.56 Å². The number of phenolic OH excluding ortho intramolecular Hbond substituents is 1. The molecule has 88 valence electrons. The molecule has 2 atom stereocenters. The maximum atomic E-state index is 10.1. The number of methoxy groups -OCH3 is 1. The van der Waals surface area contributed by atoms with Gasteiger partial charge < -0.3 is 19.7 Å². The van der Waals surface area contributed by atoms with Gasteiger partial charge in [0.2, 0.25) is 0 Å². The van der Waals surface area contributed by atoms with Crippen molar-refractivity contribution in [3.8, 4) is 11.5 Å². The molecule has 0 heterocycles. The molecule has 0 bridgehead atoms. The lowest BCUT2D eigenvalue weighted by molar-refractivity contribution is -0.138. The van der Waals surface area contributed by atoms with Crippen molar-refractivity contribution in [1.82, 2.24) is 0 Å². The number of benzene rings is 1. The zero-order valence-electron chi connectivity index (χ0n) is 9.08. The van der Waals surface area contributed by atoms with Gasteiger partial charge in [0.1, 0.15) is 12.2 Å². The fourth-order valence-electron chi connectivity index (χ4n) is 1.31. The topological polar surface area (TPSA) is 76.0 Å². The zero-order chi connectivity index (χ0) is 12.1. The third-order valence-corrected chi connectivity index (χ3v) is 2.26. The molecule has 2 N–H and O–H groups in total. The van der Waals surface area contributed by atoms with Crippen LogP contribution in [-0.4, -0.2) is 29.9 Å². The summed E-state index contributed by atoms with van der Waals surface area (Å²) in [7, 11) is 1.41. The Morgan fingerprint density at radius 2 is 2.12 bits per heavy atom. The van der Waals surface area contributed by atoms with E-state index in [-0.39, 0.29) is 18.0 Å². The van der Waals surface area contributed by atoms with Crippen LogP contribution in [0, 0.1) is 0 Å². The second kappa shape index (κ2) is 5.37. The van der Waals surface area contributed by atoms with Crippen molar-refractivity contribution in [1.29, 1.82) is 0 Å². The summed E-state index contributed by atoms with van der Waals surface area (Å²) in [6.07, 6.45) is -1.62. The highest BCUT2D eigenvalue weighted by atomic mass is 16.5. The number of rotatable bonds is 5. The largest absolute Gasteiger partial charge is 0.504 e. The molecule has 2 unspecified atom stereocenters. The van der Waals surface area contributed by atoms with Gasteiger partial charge in [0, 0.05) is 0 Å². The van der Waals surface area contributed by atoms with Crippen molar-refractivity contribution in [3.05, 3.63) is 23.8 Å². The van der Waals surface area contributed by atoms with Gasteiger partial charge in [-0.1, -0.05) is 6.07 Å². The van der Waals surface area contributed by atoms with E-state index < -0.39 is 12.2 Å². The lowest BCUT2D eigenvalue weighted by Gasteiger charge is -2.18. The number of phenols is 1. The predicted molar refractivity (Wildman–Crippen MR) is 56.2 cm³/mol. The normalized spacial score (nSPS) is 13.9. The van der Waals surface area contributed by atoms with Gasteiger partial charge in [-0.3, -0.25) is 4.79 Å². The van der Waals surface area contributed by atoms with Gasteiger partial charge in [0.05, 0.1) is 7.11 Å². The molecular formula is C11H14O5. The minimum Gasteiger partial charge on any atom is -0.504 e. The molecule has 16 heavy (non-hydrogen) atoms. The van der Waals surface area contributed by atoms with E-state index in [1.807, 2.05) is 0 Å². The number of ether oxygens (including phenoxy) is 2. The maximum Gasteiger partial charge on any atom is 0.293 e. The average Bonchev–Trinajstić information content (AvgIpc) is 2.29. The summed E-state index contributed by atoms with van der Waals surface area (Å²) in [5.41, 5.74) is 0.504. The fourth-order valence-corrected chi connectivity index (χ4v) is 1.31. The van der Waals surface area contributed by atoms with Crippen LogP contribution in [0.4, 0.5) is 0 Å². The van der Waals surface area contributed by atoms with Gasteiger partial charge in [-0.25, -0.2) is 0 Å². The van der Waals surface area contributed by atoms with Gasteiger partial charge in [-0.15, -0.1) is 0 Å². The molecule has 0 aromatic heterocycles. The lowest BCUT2D eigenvalue weighted by atomic mass is 10.0. The summed E-state index contributed by atoms with van der Waals surface area (Å²) in [5.74, 6) is 0.247. The molecule has 0 fully saturated rings. The third-order valence-electron chi connectivity index (χ3n) is 2.26. The van der Waals surface area contributed by atoms with E-state index in [1.54, 1.807) is 6.92 Å². The molecule has 1 rings (SSSR count). The van der Waals surface area contributed by atoms with Crippen molar-refractivity contribution in [3.63, 3.8) is 0 Å². The Morgan fingerprint density at radius 3 is 2.69 bits per heavy atom. The second-order valence-electron chi connectivity index (χ2n) is 3.31. The molecule has 0 saturated carbocycles. The first-order chi connectivity index (χ1) is 7.60. The van der Waals surface area contributed by atoms with Crippen molar-refractivity contribution in [2.45, 2.75) is 19.1 Å². The minimum absolute atomic E-state index is 0.0117. The molecule has 0 aliphatic carbocycles. The predicted octanol–water partition coefficient (Wildman–Crippen LogP) is 0.996. The molecule has 0 aliphatic rings. The molecule has 0 aliphatic heterocycles. The van der Waals surface area contributed by atoms with Gasteiger partial charge in [0.15, 0.2) is 11.5 Å². The summed E-state index contributed by atoms with van der Waals surface area (Å²) in [4.78, 5) is 10.1. The van der Waals surface area contributed by atoms with Gasteiger partial charge in [-0.05, 0) is 24.6 Å². The standard InChI is InChI=1S/C11H14O5/c1-7(16-6-12)11(14)8-3-4-9(13)10(5-8)15-2/h3-7,11,13-14H,1-2H3. The molecule has 1 aromatic carbocycles. The van der Waals surface area contributed by atoms with Crippen molar-refractivity contribution in [2.75, 3.05) is 7.11 Å².